The van der Waals surface area contributed by atoms with Gasteiger partial charge in [-0.1, -0.05) is 46.3 Å². The molecule has 2 aromatic rings. The maximum Gasteiger partial charge on any atom is 0.0838 e. The fourth-order valence-electron chi connectivity index (χ4n) is 2.00. The Bertz CT molecular complexity index is 575. The van der Waals surface area contributed by atoms with Gasteiger partial charge in [0.05, 0.1) is 5.38 Å². The molecule has 0 aliphatic heterocycles. The quantitative estimate of drug-likeness (QED) is 0.622. The van der Waals surface area contributed by atoms with E-state index in [2.05, 4.69) is 61.0 Å². The predicted octanol–water partition coefficient (Wildman–Crippen LogP) is 5.70. The Morgan fingerprint density at radius 3 is 2.39 bits per heavy atom. The Morgan fingerprint density at radius 1 is 1.00 bits per heavy atom. The average Bonchev–Trinajstić information content (AvgIpc) is 2.35. The molecule has 0 N–H and O–H groups in total. The van der Waals surface area contributed by atoms with Gasteiger partial charge in [0.2, 0.25) is 0 Å². The molecule has 0 aliphatic carbocycles. The summed E-state index contributed by atoms with van der Waals surface area (Å²) in [6.07, 6.45) is 0. The van der Waals surface area contributed by atoms with Gasteiger partial charge in [-0.3, -0.25) is 0 Å². The lowest BCUT2D eigenvalue weighted by molar-refractivity contribution is 1.09. The van der Waals surface area contributed by atoms with Crippen LogP contribution in [0.25, 0.3) is 0 Å². The fraction of sp³-hybridized carbons (Fsp3) is 0.250. The first-order valence-corrected chi connectivity index (χ1v) is 7.20. The molecule has 18 heavy (non-hydrogen) atoms. The minimum Gasteiger partial charge on any atom is -0.113 e. The molecule has 0 amide bonds. The van der Waals surface area contributed by atoms with E-state index < -0.39 is 0 Å². The van der Waals surface area contributed by atoms with Gasteiger partial charge >= 0.3 is 0 Å². The van der Waals surface area contributed by atoms with Crippen LogP contribution in [-0.2, 0) is 0 Å². The number of alkyl halides is 1. The van der Waals surface area contributed by atoms with Crippen molar-refractivity contribution in [2.24, 2.45) is 0 Å². The molecule has 0 saturated carbocycles. The predicted molar refractivity (Wildman–Crippen MR) is 82.5 cm³/mol. The third-order valence-electron chi connectivity index (χ3n) is 3.41. The van der Waals surface area contributed by atoms with Crippen molar-refractivity contribution in [3.8, 4) is 0 Å². The van der Waals surface area contributed by atoms with Gasteiger partial charge in [-0.2, -0.15) is 0 Å². The molecule has 2 aromatic carbocycles. The van der Waals surface area contributed by atoms with E-state index in [1.165, 1.54) is 16.7 Å². The summed E-state index contributed by atoms with van der Waals surface area (Å²) in [6, 6.07) is 12.6. The van der Waals surface area contributed by atoms with Crippen molar-refractivity contribution in [2.75, 3.05) is 0 Å². The molecule has 0 fully saturated rings. The van der Waals surface area contributed by atoms with Crippen molar-refractivity contribution in [1.82, 2.24) is 0 Å². The largest absolute Gasteiger partial charge is 0.113 e. The lowest BCUT2D eigenvalue weighted by Gasteiger charge is -2.15. The first-order chi connectivity index (χ1) is 8.50. The highest BCUT2D eigenvalue weighted by molar-refractivity contribution is 9.10. The number of aryl methyl sites for hydroxylation is 2. The molecule has 0 nitrogen and oxygen atoms in total. The lowest BCUT2D eigenvalue weighted by Crippen LogP contribution is -1.98. The van der Waals surface area contributed by atoms with Gasteiger partial charge in [-0.05, 0) is 54.7 Å². The SMILES string of the molecule is Cc1ccc(C(Cl)c2cccc(Br)c2C)cc1C. The van der Waals surface area contributed by atoms with Crippen LogP contribution in [0.15, 0.2) is 40.9 Å². The molecular weight excluding hydrogens is 308 g/mol. The van der Waals surface area contributed by atoms with E-state index >= 15 is 0 Å². The molecule has 1 unspecified atom stereocenters. The van der Waals surface area contributed by atoms with Crippen LogP contribution in [0.5, 0.6) is 0 Å². The standard InChI is InChI=1S/C16H16BrCl/c1-10-7-8-13(9-11(10)2)16(18)14-5-4-6-15(17)12(14)3/h4-9,16H,1-3H3. The second-order valence-electron chi connectivity index (χ2n) is 4.66. The van der Waals surface area contributed by atoms with Crippen LogP contribution in [0.1, 0.15) is 33.2 Å². The average molecular weight is 324 g/mol. The van der Waals surface area contributed by atoms with Crippen LogP contribution in [0, 0.1) is 20.8 Å². The van der Waals surface area contributed by atoms with E-state index in [0.29, 0.717) is 0 Å². The Labute approximate surface area is 122 Å². The zero-order chi connectivity index (χ0) is 13.3. The third kappa shape index (κ3) is 2.62. The molecule has 0 aromatic heterocycles. The van der Waals surface area contributed by atoms with E-state index in [0.717, 1.165) is 15.6 Å². The van der Waals surface area contributed by atoms with Gasteiger partial charge in [0.25, 0.3) is 0 Å². The molecule has 0 saturated heterocycles. The van der Waals surface area contributed by atoms with Crippen LogP contribution < -0.4 is 0 Å². The van der Waals surface area contributed by atoms with Gasteiger partial charge in [-0.25, -0.2) is 0 Å². The lowest BCUT2D eigenvalue weighted by atomic mass is 9.97. The highest BCUT2D eigenvalue weighted by Crippen LogP contribution is 2.34. The Hall–Kier alpha value is -0.790. The highest BCUT2D eigenvalue weighted by atomic mass is 79.9. The number of benzene rings is 2. The second kappa shape index (κ2) is 5.46. The van der Waals surface area contributed by atoms with Crippen LogP contribution in [0.3, 0.4) is 0 Å². The summed E-state index contributed by atoms with van der Waals surface area (Å²) in [5, 5.41) is -0.0956. The first-order valence-electron chi connectivity index (χ1n) is 5.97. The van der Waals surface area contributed by atoms with Gasteiger partial charge in [0.1, 0.15) is 0 Å². The normalized spacial score (nSPS) is 12.5. The van der Waals surface area contributed by atoms with Gasteiger partial charge in [-0.15, -0.1) is 11.6 Å². The molecule has 2 heteroatoms. The van der Waals surface area contributed by atoms with E-state index in [1.54, 1.807) is 0 Å². The van der Waals surface area contributed by atoms with Crippen molar-refractivity contribution in [2.45, 2.75) is 26.1 Å². The molecule has 0 bridgehead atoms. The topological polar surface area (TPSA) is 0 Å². The monoisotopic (exact) mass is 322 g/mol. The Balaban J connectivity index is 2.44. The van der Waals surface area contributed by atoms with Crippen LogP contribution >= 0.6 is 27.5 Å². The van der Waals surface area contributed by atoms with Crippen LogP contribution in [-0.4, -0.2) is 0 Å². The minimum absolute atomic E-state index is 0.0956. The van der Waals surface area contributed by atoms with Gasteiger partial charge < -0.3 is 0 Å². The smallest absolute Gasteiger partial charge is 0.0838 e. The molecule has 0 aliphatic rings. The molecule has 0 spiro atoms. The van der Waals surface area contributed by atoms with E-state index in [-0.39, 0.29) is 5.38 Å². The summed E-state index contributed by atoms with van der Waals surface area (Å²) in [5.41, 5.74) is 6.10. The summed E-state index contributed by atoms with van der Waals surface area (Å²) >= 11 is 10.2. The Morgan fingerprint density at radius 2 is 1.72 bits per heavy atom. The van der Waals surface area contributed by atoms with E-state index in [4.69, 9.17) is 11.6 Å². The second-order valence-corrected chi connectivity index (χ2v) is 5.95. The van der Waals surface area contributed by atoms with E-state index in [1.807, 2.05) is 12.1 Å². The van der Waals surface area contributed by atoms with Crippen molar-refractivity contribution < 1.29 is 0 Å². The zero-order valence-corrected chi connectivity index (χ0v) is 13.1. The van der Waals surface area contributed by atoms with Crippen molar-refractivity contribution in [3.63, 3.8) is 0 Å². The van der Waals surface area contributed by atoms with Crippen molar-refractivity contribution in [3.05, 3.63) is 68.7 Å². The third-order valence-corrected chi connectivity index (χ3v) is 4.75. The number of hydrogen-bond donors (Lipinski definition) is 0. The summed E-state index contributed by atoms with van der Waals surface area (Å²) in [6.45, 7) is 6.33. The maximum absolute atomic E-state index is 6.61. The summed E-state index contributed by atoms with van der Waals surface area (Å²) in [5.74, 6) is 0. The molecule has 0 heterocycles. The summed E-state index contributed by atoms with van der Waals surface area (Å²) in [4.78, 5) is 0. The van der Waals surface area contributed by atoms with E-state index in [9.17, 15) is 0 Å². The van der Waals surface area contributed by atoms with Crippen LogP contribution in [0.4, 0.5) is 0 Å². The minimum atomic E-state index is -0.0956. The number of rotatable bonds is 2. The van der Waals surface area contributed by atoms with Gasteiger partial charge in [0.15, 0.2) is 0 Å². The van der Waals surface area contributed by atoms with Crippen LogP contribution in [0.2, 0.25) is 0 Å². The maximum atomic E-state index is 6.61. The fourth-order valence-corrected chi connectivity index (χ4v) is 2.75. The van der Waals surface area contributed by atoms with Gasteiger partial charge in [0, 0.05) is 4.47 Å². The summed E-state index contributed by atoms with van der Waals surface area (Å²) < 4.78 is 1.11. The Kier molecular flexibility index (Phi) is 4.14. The highest BCUT2D eigenvalue weighted by Gasteiger charge is 2.14. The summed E-state index contributed by atoms with van der Waals surface area (Å²) in [7, 11) is 0. The molecule has 1 atom stereocenters. The molecular formula is C16H16BrCl. The van der Waals surface area contributed by atoms with Crippen molar-refractivity contribution in [1.29, 1.82) is 0 Å². The van der Waals surface area contributed by atoms with Crippen molar-refractivity contribution >= 4 is 27.5 Å². The number of halogens is 2. The first kappa shape index (κ1) is 13.6. The zero-order valence-electron chi connectivity index (χ0n) is 10.8. The number of hydrogen-bond acceptors (Lipinski definition) is 0. The molecule has 94 valence electrons. The molecule has 0 radical (unpaired) electrons. The molecule has 2 rings (SSSR count).